The van der Waals surface area contributed by atoms with Crippen molar-refractivity contribution in [2.45, 2.75) is 25.2 Å². The van der Waals surface area contributed by atoms with Crippen LogP contribution < -0.4 is 11.3 Å². The third-order valence-electron chi connectivity index (χ3n) is 4.44. The van der Waals surface area contributed by atoms with E-state index in [1.165, 1.54) is 6.07 Å². The molecule has 0 radical (unpaired) electrons. The molecule has 0 aliphatic carbocycles. The Morgan fingerprint density at radius 1 is 1.30 bits per heavy atom. The summed E-state index contributed by atoms with van der Waals surface area (Å²) in [6.07, 6.45) is -0.386. The molecule has 1 fully saturated rings. The molecule has 1 aliphatic rings. The van der Waals surface area contributed by atoms with E-state index in [-0.39, 0.29) is 11.6 Å². The molecule has 0 saturated carbocycles. The first-order valence-electron chi connectivity index (χ1n) is 7.74. The molecule has 23 heavy (non-hydrogen) atoms. The van der Waals surface area contributed by atoms with Gasteiger partial charge in [0.15, 0.2) is 0 Å². The van der Waals surface area contributed by atoms with E-state index in [1.807, 2.05) is 11.0 Å². The Bertz CT molecular complexity index is 810. The number of hydrogen-bond acceptors (Lipinski definition) is 4. The van der Waals surface area contributed by atoms with Crippen LogP contribution in [0.1, 0.15) is 12.0 Å². The summed E-state index contributed by atoms with van der Waals surface area (Å²) in [4.78, 5) is 14.2. The smallest absolute Gasteiger partial charge is 0.251 e. The zero-order chi connectivity index (χ0) is 16.4. The van der Waals surface area contributed by atoms with E-state index in [2.05, 4.69) is 6.07 Å². The zero-order valence-corrected chi connectivity index (χ0v) is 12.8. The molecule has 0 amide bonds. The Morgan fingerprint density at radius 2 is 2.09 bits per heavy atom. The SMILES string of the molecule is N#Cc1ccc2ccc(=O)n(CCN3CC[C@H](N)C(F)C3)c2c1. The van der Waals surface area contributed by atoms with Crippen molar-refractivity contribution in [3.63, 3.8) is 0 Å². The molecule has 0 spiro atoms. The lowest BCUT2D eigenvalue weighted by molar-refractivity contribution is 0.116. The first-order chi connectivity index (χ1) is 11.1. The standard InChI is InChI=1S/C17H19FN4O/c18-14-11-21(6-5-15(14)20)7-8-22-16-9-12(10-19)1-2-13(16)3-4-17(22)23/h1-4,9,14-15H,5-8,11,20H2/t14?,15-/m0/s1. The summed E-state index contributed by atoms with van der Waals surface area (Å²) in [5, 5.41) is 9.96. The predicted molar refractivity (Wildman–Crippen MR) is 86.9 cm³/mol. The van der Waals surface area contributed by atoms with E-state index in [1.54, 1.807) is 22.8 Å². The molecule has 5 nitrogen and oxygen atoms in total. The summed E-state index contributed by atoms with van der Waals surface area (Å²) in [6.45, 7) is 2.10. The molecule has 1 aromatic heterocycles. The van der Waals surface area contributed by atoms with Crippen molar-refractivity contribution in [3.05, 3.63) is 46.2 Å². The van der Waals surface area contributed by atoms with Crippen molar-refractivity contribution in [3.8, 4) is 6.07 Å². The maximum absolute atomic E-state index is 13.7. The van der Waals surface area contributed by atoms with Crippen LogP contribution in [-0.2, 0) is 6.54 Å². The molecule has 120 valence electrons. The van der Waals surface area contributed by atoms with Gasteiger partial charge in [0.25, 0.3) is 5.56 Å². The molecule has 0 bridgehead atoms. The van der Waals surface area contributed by atoms with Gasteiger partial charge < -0.3 is 10.3 Å². The number of piperidine rings is 1. The van der Waals surface area contributed by atoms with Crippen molar-refractivity contribution in [2.75, 3.05) is 19.6 Å². The van der Waals surface area contributed by atoms with E-state index >= 15 is 0 Å². The monoisotopic (exact) mass is 314 g/mol. The third kappa shape index (κ3) is 3.26. The highest BCUT2D eigenvalue weighted by Gasteiger charge is 2.25. The molecule has 6 heteroatoms. The second kappa shape index (κ2) is 6.49. The minimum atomic E-state index is -1.02. The Kier molecular flexibility index (Phi) is 4.42. The fourth-order valence-corrected chi connectivity index (χ4v) is 3.02. The molecule has 1 aromatic carbocycles. The number of nitrogens with two attached hydrogens (primary N) is 1. The molecule has 3 rings (SSSR count). The minimum absolute atomic E-state index is 0.113. The van der Waals surface area contributed by atoms with Crippen LogP contribution in [-0.4, -0.2) is 41.3 Å². The predicted octanol–water partition coefficient (Wildman–Crippen LogP) is 1.24. The average molecular weight is 314 g/mol. The van der Waals surface area contributed by atoms with Gasteiger partial charge in [-0.25, -0.2) is 4.39 Å². The Hall–Kier alpha value is -2.23. The lowest BCUT2D eigenvalue weighted by atomic mass is 10.0. The number of benzene rings is 1. The van der Waals surface area contributed by atoms with Gasteiger partial charge in [0.05, 0.1) is 17.1 Å². The second-order valence-corrected chi connectivity index (χ2v) is 5.98. The maximum Gasteiger partial charge on any atom is 0.251 e. The number of nitrogens with zero attached hydrogens (tertiary/aromatic N) is 3. The van der Waals surface area contributed by atoms with Crippen molar-refractivity contribution in [1.29, 1.82) is 5.26 Å². The van der Waals surface area contributed by atoms with E-state index < -0.39 is 6.17 Å². The summed E-state index contributed by atoms with van der Waals surface area (Å²) in [5.74, 6) is 0. The highest BCUT2D eigenvalue weighted by atomic mass is 19.1. The number of likely N-dealkylation sites (tertiary alicyclic amines) is 1. The molecule has 1 unspecified atom stereocenters. The highest BCUT2D eigenvalue weighted by molar-refractivity contribution is 5.80. The van der Waals surface area contributed by atoms with Gasteiger partial charge in [0, 0.05) is 31.7 Å². The van der Waals surface area contributed by atoms with E-state index in [4.69, 9.17) is 11.0 Å². The molecule has 2 aromatic rings. The molecule has 2 heterocycles. The zero-order valence-electron chi connectivity index (χ0n) is 12.8. The minimum Gasteiger partial charge on any atom is -0.325 e. The molecular weight excluding hydrogens is 295 g/mol. The van der Waals surface area contributed by atoms with Crippen LogP contribution in [0.4, 0.5) is 4.39 Å². The van der Waals surface area contributed by atoms with Crippen molar-refractivity contribution >= 4 is 10.9 Å². The fourth-order valence-electron chi connectivity index (χ4n) is 3.02. The lowest BCUT2D eigenvalue weighted by Gasteiger charge is -2.32. The Balaban J connectivity index is 1.83. The van der Waals surface area contributed by atoms with Gasteiger partial charge in [0.1, 0.15) is 6.17 Å². The Morgan fingerprint density at radius 3 is 2.83 bits per heavy atom. The van der Waals surface area contributed by atoms with Gasteiger partial charge >= 0.3 is 0 Å². The molecule has 1 saturated heterocycles. The van der Waals surface area contributed by atoms with E-state index in [0.29, 0.717) is 31.6 Å². The van der Waals surface area contributed by atoms with Crippen LogP contribution in [0.25, 0.3) is 10.9 Å². The van der Waals surface area contributed by atoms with E-state index in [9.17, 15) is 9.18 Å². The van der Waals surface area contributed by atoms with E-state index in [0.717, 1.165) is 17.4 Å². The van der Waals surface area contributed by atoms with Crippen LogP contribution in [0.2, 0.25) is 0 Å². The van der Waals surface area contributed by atoms with Gasteiger partial charge in [-0.2, -0.15) is 5.26 Å². The fraction of sp³-hybridized carbons (Fsp3) is 0.412. The number of rotatable bonds is 3. The van der Waals surface area contributed by atoms with Gasteiger partial charge in [-0.3, -0.25) is 9.69 Å². The van der Waals surface area contributed by atoms with Crippen molar-refractivity contribution in [2.24, 2.45) is 5.73 Å². The van der Waals surface area contributed by atoms with Gasteiger partial charge in [-0.05, 0) is 36.6 Å². The number of fused-ring (bicyclic) bond motifs is 1. The quantitative estimate of drug-likeness (QED) is 0.925. The van der Waals surface area contributed by atoms with Crippen LogP contribution in [0.3, 0.4) is 0 Å². The topological polar surface area (TPSA) is 75.0 Å². The number of halogens is 1. The maximum atomic E-state index is 13.7. The highest BCUT2D eigenvalue weighted by Crippen LogP contribution is 2.15. The first kappa shape index (κ1) is 15.7. The molecular formula is C17H19FN4O. The number of alkyl halides is 1. The summed E-state index contributed by atoms with van der Waals surface area (Å²) in [7, 11) is 0. The largest absolute Gasteiger partial charge is 0.325 e. The number of hydrogen-bond donors (Lipinski definition) is 1. The van der Waals surface area contributed by atoms with Gasteiger partial charge in [-0.1, -0.05) is 6.07 Å². The Labute approximate surface area is 133 Å². The third-order valence-corrected chi connectivity index (χ3v) is 4.44. The van der Waals surface area contributed by atoms with Crippen LogP contribution in [0.5, 0.6) is 0 Å². The van der Waals surface area contributed by atoms with Crippen LogP contribution in [0, 0.1) is 11.3 Å². The summed E-state index contributed by atoms with van der Waals surface area (Å²) >= 11 is 0. The number of nitriles is 1. The van der Waals surface area contributed by atoms with Crippen molar-refractivity contribution in [1.82, 2.24) is 9.47 Å². The van der Waals surface area contributed by atoms with Crippen LogP contribution >= 0.6 is 0 Å². The van der Waals surface area contributed by atoms with Crippen molar-refractivity contribution < 1.29 is 4.39 Å². The number of aromatic nitrogens is 1. The van der Waals surface area contributed by atoms with Gasteiger partial charge in [-0.15, -0.1) is 0 Å². The summed E-state index contributed by atoms with van der Waals surface area (Å²) in [5.41, 5.74) is 6.83. The van der Waals surface area contributed by atoms with Gasteiger partial charge in [0.2, 0.25) is 0 Å². The second-order valence-electron chi connectivity index (χ2n) is 5.98. The summed E-state index contributed by atoms with van der Waals surface area (Å²) in [6, 6.07) is 10.3. The molecule has 2 atom stereocenters. The normalized spacial score (nSPS) is 22.1. The number of pyridine rings is 1. The summed E-state index contributed by atoms with van der Waals surface area (Å²) < 4.78 is 15.4. The first-order valence-corrected chi connectivity index (χ1v) is 7.74. The lowest BCUT2D eigenvalue weighted by Crippen LogP contribution is -2.49. The van der Waals surface area contributed by atoms with Crippen LogP contribution in [0.15, 0.2) is 35.1 Å². The average Bonchev–Trinajstić information content (AvgIpc) is 2.56. The molecule has 1 aliphatic heterocycles. The molecule has 2 N–H and O–H groups in total.